The second-order valence-corrected chi connectivity index (χ2v) is 15.2. The predicted octanol–water partition coefficient (Wildman–Crippen LogP) is 15.2. The van der Waals surface area contributed by atoms with Gasteiger partial charge in [0.25, 0.3) is 0 Å². The molecule has 0 aliphatic rings. The summed E-state index contributed by atoms with van der Waals surface area (Å²) in [6, 6.07) is 79.9. The molecule has 0 aliphatic carbocycles. The molecule has 11 aromatic rings. The van der Waals surface area contributed by atoms with E-state index in [1.807, 2.05) is 60.7 Å². The maximum Gasteiger partial charge on any atom is 0.164 e. The van der Waals surface area contributed by atoms with E-state index < -0.39 is 0 Å². The van der Waals surface area contributed by atoms with Gasteiger partial charge in [-0.15, -0.1) is 0 Å². The Morgan fingerprint density at radius 3 is 1.37 bits per heavy atom. The average molecular weight is 795 g/mol. The van der Waals surface area contributed by atoms with Gasteiger partial charge in [-0.05, 0) is 52.6 Å². The van der Waals surface area contributed by atoms with Gasteiger partial charge in [0, 0.05) is 44.3 Å². The lowest BCUT2D eigenvalue weighted by Crippen LogP contribution is -2.11. The molecule has 0 fully saturated rings. The SMILES string of the molecule is c1ccc(-c2ccc(N(c3ccccc3-c3ccccc3)c3cccc4c3oc3c(-c5cccc(-c6nc(-c7ccccc7)nc(-c7ccccc7)n6)c5)cccc34)cc2)cc1. The van der Waals surface area contributed by atoms with E-state index in [1.165, 1.54) is 5.56 Å². The third kappa shape index (κ3) is 6.87. The standard InChI is InChI=1S/C57H38N4O/c1-5-18-39(19-6-1)40-34-36-46(37-35-40)61(51-32-14-13-28-47(51)41-20-7-2-8-21-41)52-33-17-31-50-49-30-16-29-48(53(49)62-54(50)52)44-26-15-27-45(38-44)57-59-55(42-22-9-3-10-23-42)58-56(60-57)43-24-11-4-12-25-43/h1-38H. The Labute approximate surface area is 359 Å². The summed E-state index contributed by atoms with van der Waals surface area (Å²) in [5, 5.41) is 2.08. The summed E-state index contributed by atoms with van der Waals surface area (Å²) in [5.74, 6) is 1.85. The number of hydrogen-bond donors (Lipinski definition) is 0. The zero-order chi connectivity index (χ0) is 41.2. The van der Waals surface area contributed by atoms with Gasteiger partial charge >= 0.3 is 0 Å². The molecule has 2 aromatic heterocycles. The van der Waals surface area contributed by atoms with Gasteiger partial charge in [0.15, 0.2) is 23.1 Å². The van der Waals surface area contributed by atoms with Crippen molar-refractivity contribution in [1.29, 1.82) is 0 Å². The highest BCUT2D eigenvalue weighted by atomic mass is 16.3. The fraction of sp³-hybridized carbons (Fsp3) is 0. The van der Waals surface area contributed by atoms with Crippen LogP contribution in [-0.4, -0.2) is 15.0 Å². The fourth-order valence-corrected chi connectivity index (χ4v) is 8.34. The summed E-state index contributed by atoms with van der Waals surface area (Å²) in [4.78, 5) is 17.3. The Kier molecular flexibility index (Phi) is 9.45. The molecule has 0 spiro atoms. The van der Waals surface area contributed by atoms with E-state index in [0.717, 1.165) is 83.5 Å². The maximum atomic E-state index is 7.15. The van der Waals surface area contributed by atoms with Crippen LogP contribution in [0.15, 0.2) is 235 Å². The summed E-state index contributed by atoms with van der Waals surface area (Å²) in [6.07, 6.45) is 0. The van der Waals surface area contributed by atoms with Gasteiger partial charge in [0.1, 0.15) is 5.58 Å². The number of rotatable bonds is 9. The molecule has 0 unspecified atom stereocenters. The highest BCUT2D eigenvalue weighted by Crippen LogP contribution is 2.47. The normalized spacial score (nSPS) is 11.2. The minimum absolute atomic E-state index is 0.602. The van der Waals surface area contributed by atoms with Crippen LogP contribution >= 0.6 is 0 Å². The van der Waals surface area contributed by atoms with Gasteiger partial charge in [0.05, 0.1) is 11.4 Å². The van der Waals surface area contributed by atoms with E-state index >= 15 is 0 Å². The van der Waals surface area contributed by atoms with E-state index in [9.17, 15) is 0 Å². The molecule has 292 valence electrons. The third-order valence-corrected chi connectivity index (χ3v) is 11.3. The Morgan fingerprint density at radius 1 is 0.290 bits per heavy atom. The topological polar surface area (TPSA) is 55.1 Å². The third-order valence-electron chi connectivity index (χ3n) is 11.3. The largest absolute Gasteiger partial charge is 0.453 e. The molecule has 0 aliphatic heterocycles. The maximum absolute atomic E-state index is 7.15. The van der Waals surface area contributed by atoms with E-state index in [4.69, 9.17) is 19.4 Å². The van der Waals surface area contributed by atoms with Crippen molar-refractivity contribution in [3.05, 3.63) is 231 Å². The Morgan fingerprint density at radius 2 is 0.726 bits per heavy atom. The Bertz CT molecular complexity index is 3270. The first-order chi connectivity index (χ1) is 30.7. The summed E-state index contributed by atoms with van der Waals surface area (Å²) < 4.78 is 7.15. The molecule has 0 radical (unpaired) electrons. The molecular formula is C57H38N4O. The van der Waals surface area contributed by atoms with Crippen LogP contribution in [0.25, 0.3) is 89.5 Å². The van der Waals surface area contributed by atoms with Gasteiger partial charge in [-0.3, -0.25) is 0 Å². The van der Waals surface area contributed by atoms with Crippen molar-refractivity contribution in [2.24, 2.45) is 0 Å². The molecule has 2 heterocycles. The number of nitrogens with zero attached hydrogens (tertiary/aromatic N) is 4. The van der Waals surface area contributed by atoms with Gasteiger partial charge in [-0.25, -0.2) is 15.0 Å². The molecule has 0 bridgehead atoms. The van der Waals surface area contributed by atoms with Crippen LogP contribution < -0.4 is 4.90 Å². The molecular weight excluding hydrogens is 757 g/mol. The Balaban J connectivity index is 1.06. The highest BCUT2D eigenvalue weighted by molar-refractivity contribution is 6.14. The number of para-hydroxylation sites is 3. The van der Waals surface area contributed by atoms with Crippen molar-refractivity contribution in [2.45, 2.75) is 0 Å². The second kappa shape index (κ2) is 16.0. The molecule has 62 heavy (non-hydrogen) atoms. The van der Waals surface area contributed by atoms with Gasteiger partial charge < -0.3 is 9.32 Å². The average Bonchev–Trinajstić information content (AvgIpc) is 3.75. The molecule has 0 N–H and O–H groups in total. The van der Waals surface area contributed by atoms with Crippen LogP contribution in [0.2, 0.25) is 0 Å². The van der Waals surface area contributed by atoms with Crippen LogP contribution in [0, 0.1) is 0 Å². The van der Waals surface area contributed by atoms with Crippen LogP contribution in [0.3, 0.4) is 0 Å². The van der Waals surface area contributed by atoms with Crippen molar-refractivity contribution < 1.29 is 4.42 Å². The fourth-order valence-electron chi connectivity index (χ4n) is 8.34. The lowest BCUT2D eigenvalue weighted by atomic mass is 9.99. The first kappa shape index (κ1) is 36.7. The first-order valence-corrected chi connectivity index (χ1v) is 20.8. The van der Waals surface area contributed by atoms with Crippen molar-refractivity contribution in [3.63, 3.8) is 0 Å². The van der Waals surface area contributed by atoms with Gasteiger partial charge in [-0.2, -0.15) is 0 Å². The number of hydrogen-bond acceptors (Lipinski definition) is 5. The highest BCUT2D eigenvalue weighted by Gasteiger charge is 2.23. The van der Waals surface area contributed by atoms with Gasteiger partial charge in [0.2, 0.25) is 0 Å². The van der Waals surface area contributed by atoms with E-state index in [1.54, 1.807) is 0 Å². The predicted molar refractivity (Wildman–Crippen MR) is 254 cm³/mol. The zero-order valence-corrected chi connectivity index (χ0v) is 33.6. The molecule has 5 nitrogen and oxygen atoms in total. The van der Waals surface area contributed by atoms with E-state index in [-0.39, 0.29) is 0 Å². The van der Waals surface area contributed by atoms with Crippen molar-refractivity contribution >= 4 is 39.0 Å². The first-order valence-electron chi connectivity index (χ1n) is 20.8. The number of anilines is 3. The van der Waals surface area contributed by atoms with Crippen molar-refractivity contribution in [3.8, 4) is 67.5 Å². The van der Waals surface area contributed by atoms with Crippen LogP contribution in [0.1, 0.15) is 0 Å². The van der Waals surface area contributed by atoms with Crippen LogP contribution in [-0.2, 0) is 0 Å². The minimum Gasteiger partial charge on any atom is -0.453 e. The summed E-state index contributed by atoms with van der Waals surface area (Å²) in [5.41, 5.74) is 14.0. The quantitative estimate of drug-likeness (QED) is 0.146. The van der Waals surface area contributed by atoms with Gasteiger partial charge in [-0.1, -0.05) is 200 Å². The lowest BCUT2D eigenvalue weighted by molar-refractivity contribution is 0.670. The zero-order valence-electron chi connectivity index (χ0n) is 33.6. The second-order valence-electron chi connectivity index (χ2n) is 15.2. The summed E-state index contributed by atoms with van der Waals surface area (Å²) >= 11 is 0. The minimum atomic E-state index is 0.602. The smallest absolute Gasteiger partial charge is 0.164 e. The number of fused-ring (bicyclic) bond motifs is 3. The number of benzene rings is 9. The van der Waals surface area contributed by atoms with Crippen LogP contribution in [0.4, 0.5) is 17.1 Å². The number of furan rings is 1. The molecule has 0 saturated carbocycles. The summed E-state index contributed by atoms with van der Waals surface area (Å²) in [6.45, 7) is 0. The monoisotopic (exact) mass is 794 g/mol. The van der Waals surface area contributed by atoms with E-state index in [0.29, 0.717) is 17.5 Å². The molecule has 9 aromatic carbocycles. The molecule has 5 heteroatoms. The summed E-state index contributed by atoms with van der Waals surface area (Å²) in [7, 11) is 0. The van der Waals surface area contributed by atoms with Crippen molar-refractivity contribution in [2.75, 3.05) is 4.90 Å². The lowest BCUT2D eigenvalue weighted by Gasteiger charge is -2.28. The Hall–Kier alpha value is -8.41. The molecule has 0 atom stereocenters. The van der Waals surface area contributed by atoms with Crippen LogP contribution in [0.5, 0.6) is 0 Å². The van der Waals surface area contributed by atoms with E-state index in [2.05, 4.69) is 175 Å². The molecule has 0 amide bonds. The molecule has 0 saturated heterocycles. The number of aromatic nitrogens is 3. The molecule has 11 rings (SSSR count). The van der Waals surface area contributed by atoms with Crippen molar-refractivity contribution in [1.82, 2.24) is 15.0 Å².